The second-order valence-corrected chi connectivity index (χ2v) is 2.24. The number of ether oxygens (including phenoxy) is 1. The van der Waals surface area contributed by atoms with Crippen LogP contribution in [-0.2, 0) is 4.74 Å². The molecular weight excluding hydrogens is 112 g/mol. The van der Waals surface area contributed by atoms with Gasteiger partial charge < -0.3 is 4.74 Å². The van der Waals surface area contributed by atoms with Gasteiger partial charge in [0.2, 0.25) is 0 Å². The first kappa shape index (κ1) is 6.66. The zero-order chi connectivity index (χ0) is 6.53. The van der Waals surface area contributed by atoms with Gasteiger partial charge >= 0.3 is 0 Å². The first-order valence-electron chi connectivity index (χ1n) is 3.66. The molecule has 0 heterocycles. The van der Waals surface area contributed by atoms with Crippen LogP contribution in [0.2, 0.25) is 0 Å². The van der Waals surface area contributed by atoms with Crippen molar-refractivity contribution in [2.45, 2.75) is 32.6 Å². The maximum Gasteiger partial charge on any atom is 0.0995 e. The highest BCUT2D eigenvalue weighted by atomic mass is 16.5. The largest absolute Gasteiger partial charge is 0.498 e. The molecule has 0 fully saturated rings. The van der Waals surface area contributed by atoms with Crippen LogP contribution in [0.25, 0.3) is 0 Å². The Labute approximate surface area is 56.7 Å². The van der Waals surface area contributed by atoms with Crippen LogP contribution in [-0.4, -0.2) is 6.61 Å². The summed E-state index contributed by atoms with van der Waals surface area (Å²) in [4.78, 5) is 0. The second kappa shape index (κ2) is 3.54. The zero-order valence-electron chi connectivity index (χ0n) is 5.94. The molecule has 0 amide bonds. The summed E-state index contributed by atoms with van der Waals surface area (Å²) < 4.78 is 5.29. The lowest BCUT2D eigenvalue weighted by Crippen LogP contribution is -1.96. The fraction of sp³-hybridized carbons (Fsp3) is 0.750. The van der Waals surface area contributed by atoms with E-state index in [1.165, 1.54) is 12.8 Å². The van der Waals surface area contributed by atoms with Crippen LogP contribution in [0.1, 0.15) is 32.6 Å². The summed E-state index contributed by atoms with van der Waals surface area (Å²) >= 11 is 0. The number of hydrogen-bond acceptors (Lipinski definition) is 1. The average molecular weight is 125 g/mol. The number of rotatable bonds is 2. The van der Waals surface area contributed by atoms with Crippen molar-refractivity contribution >= 4 is 0 Å². The Morgan fingerprint density at radius 1 is 1.56 bits per heavy atom. The molecule has 0 N–H and O–H groups in total. The Morgan fingerprint density at radius 3 is 3.00 bits per heavy atom. The molecule has 51 valence electrons. The van der Waals surface area contributed by atoms with E-state index in [9.17, 15) is 0 Å². The lowest BCUT2D eigenvalue weighted by atomic mass is 10.1. The molecule has 0 aliphatic heterocycles. The van der Waals surface area contributed by atoms with Gasteiger partial charge in [-0.15, -0.1) is 0 Å². The molecule has 1 rings (SSSR count). The smallest absolute Gasteiger partial charge is 0.0995 e. The van der Waals surface area contributed by atoms with Crippen molar-refractivity contribution in [3.05, 3.63) is 11.8 Å². The Morgan fingerprint density at radius 2 is 2.44 bits per heavy atom. The van der Waals surface area contributed by atoms with Gasteiger partial charge in [-0.2, -0.15) is 0 Å². The molecule has 0 bridgehead atoms. The first-order chi connectivity index (χ1) is 4.43. The van der Waals surface area contributed by atoms with Crippen molar-refractivity contribution < 1.29 is 4.74 Å². The van der Waals surface area contributed by atoms with Gasteiger partial charge in [0.25, 0.3) is 0 Å². The first-order valence-corrected chi connectivity index (χ1v) is 3.66. The molecule has 1 aliphatic carbocycles. The molecule has 1 aliphatic rings. The molecule has 0 saturated carbocycles. The zero-order valence-corrected chi connectivity index (χ0v) is 5.94. The molecule has 0 unspecified atom stereocenters. The highest BCUT2D eigenvalue weighted by molar-refractivity contribution is 4.90. The maximum atomic E-state index is 5.29. The number of hydrogen-bond donors (Lipinski definition) is 0. The van der Waals surface area contributed by atoms with E-state index in [0.717, 1.165) is 25.2 Å². The predicted octanol–water partition coefficient (Wildman–Crippen LogP) is 2.28. The minimum atomic E-state index is 0.794. The summed E-state index contributed by atoms with van der Waals surface area (Å²) in [6, 6.07) is 0. The Kier molecular flexibility index (Phi) is 2.62. The molecule has 1 radical (unpaired) electrons. The van der Waals surface area contributed by atoms with E-state index in [1.807, 2.05) is 6.92 Å². The van der Waals surface area contributed by atoms with Gasteiger partial charge in [-0.05, 0) is 32.3 Å². The van der Waals surface area contributed by atoms with Gasteiger partial charge in [0.1, 0.15) is 0 Å². The molecule has 0 saturated heterocycles. The van der Waals surface area contributed by atoms with E-state index in [0.29, 0.717) is 0 Å². The van der Waals surface area contributed by atoms with Gasteiger partial charge in [0.15, 0.2) is 0 Å². The lowest BCUT2D eigenvalue weighted by Gasteiger charge is -2.11. The minimum absolute atomic E-state index is 0.794. The predicted molar refractivity (Wildman–Crippen MR) is 36.9 cm³/mol. The van der Waals surface area contributed by atoms with E-state index >= 15 is 0 Å². The van der Waals surface area contributed by atoms with Crippen molar-refractivity contribution in [1.29, 1.82) is 0 Å². The second-order valence-electron chi connectivity index (χ2n) is 2.24. The molecule has 0 aromatic carbocycles. The molecule has 0 aromatic heterocycles. The minimum Gasteiger partial charge on any atom is -0.498 e. The Bertz CT molecular complexity index is 105. The molecular formula is C8H13O. The van der Waals surface area contributed by atoms with Crippen LogP contribution < -0.4 is 0 Å². The normalized spacial score (nSPS) is 19.0. The van der Waals surface area contributed by atoms with Crippen LogP contribution >= 0.6 is 0 Å². The summed E-state index contributed by atoms with van der Waals surface area (Å²) in [5.41, 5.74) is 0. The quantitative estimate of drug-likeness (QED) is 0.550. The fourth-order valence-corrected chi connectivity index (χ4v) is 1.02. The van der Waals surface area contributed by atoms with Gasteiger partial charge in [0, 0.05) is 6.42 Å². The van der Waals surface area contributed by atoms with Gasteiger partial charge in [-0.25, -0.2) is 0 Å². The summed E-state index contributed by atoms with van der Waals surface area (Å²) in [5, 5.41) is 0. The summed E-state index contributed by atoms with van der Waals surface area (Å²) in [7, 11) is 0. The Balaban J connectivity index is 2.28. The molecule has 0 atom stereocenters. The van der Waals surface area contributed by atoms with E-state index in [2.05, 4.69) is 6.08 Å². The summed E-state index contributed by atoms with van der Waals surface area (Å²) in [6.07, 6.45) is 7.98. The van der Waals surface area contributed by atoms with Crippen molar-refractivity contribution in [3.63, 3.8) is 0 Å². The third-order valence-corrected chi connectivity index (χ3v) is 1.47. The van der Waals surface area contributed by atoms with E-state index < -0.39 is 0 Å². The highest BCUT2D eigenvalue weighted by Gasteiger charge is 2.02. The van der Waals surface area contributed by atoms with Crippen LogP contribution in [0.5, 0.6) is 0 Å². The highest BCUT2D eigenvalue weighted by Crippen LogP contribution is 2.16. The molecule has 1 nitrogen and oxygen atoms in total. The number of allylic oxidation sites excluding steroid dienone is 2. The third kappa shape index (κ3) is 2.08. The monoisotopic (exact) mass is 125 g/mol. The molecule has 9 heavy (non-hydrogen) atoms. The summed E-state index contributed by atoms with van der Waals surface area (Å²) in [6.45, 7) is 2.81. The molecule has 0 spiro atoms. The molecule has 1 heteroatoms. The SMILES string of the molecule is CCOC1=[C]CCCC1. The standard InChI is InChI=1S/C8H13O/c1-2-9-8-6-4-3-5-7-8/h2-6H2,1H3. The van der Waals surface area contributed by atoms with Crippen molar-refractivity contribution in [3.8, 4) is 0 Å². The third-order valence-electron chi connectivity index (χ3n) is 1.47. The van der Waals surface area contributed by atoms with Crippen molar-refractivity contribution in [2.24, 2.45) is 0 Å². The van der Waals surface area contributed by atoms with Crippen molar-refractivity contribution in [2.75, 3.05) is 6.61 Å². The van der Waals surface area contributed by atoms with Crippen LogP contribution in [0, 0.1) is 6.08 Å². The van der Waals surface area contributed by atoms with Gasteiger partial charge in [-0.3, -0.25) is 0 Å². The average Bonchev–Trinajstić information content (AvgIpc) is 1.91. The summed E-state index contributed by atoms with van der Waals surface area (Å²) in [5.74, 6) is 1.09. The lowest BCUT2D eigenvalue weighted by molar-refractivity contribution is 0.208. The van der Waals surface area contributed by atoms with E-state index in [-0.39, 0.29) is 0 Å². The maximum absolute atomic E-state index is 5.29. The van der Waals surface area contributed by atoms with Crippen molar-refractivity contribution in [1.82, 2.24) is 0 Å². The van der Waals surface area contributed by atoms with Crippen LogP contribution in [0.15, 0.2) is 5.76 Å². The topological polar surface area (TPSA) is 9.23 Å². The fourth-order valence-electron chi connectivity index (χ4n) is 1.02. The van der Waals surface area contributed by atoms with Crippen LogP contribution in [0.4, 0.5) is 0 Å². The van der Waals surface area contributed by atoms with Crippen LogP contribution in [0.3, 0.4) is 0 Å². The van der Waals surface area contributed by atoms with E-state index in [1.54, 1.807) is 0 Å². The molecule has 0 aromatic rings. The van der Waals surface area contributed by atoms with Gasteiger partial charge in [0.05, 0.1) is 12.4 Å². The van der Waals surface area contributed by atoms with Gasteiger partial charge in [-0.1, -0.05) is 0 Å². The van der Waals surface area contributed by atoms with E-state index in [4.69, 9.17) is 4.74 Å². The Hall–Kier alpha value is -0.460.